The first-order chi connectivity index (χ1) is 14.3. The Morgan fingerprint density at radius 1 is 1.13 bits per heavy atom. The van der Waals surface area contributed by atoms with E-state index in [0.717, 1.165) is 17.9 Å². The molecule has 1 aliphatic heterocycles. The van der Waals surface area contributed by atoms with E-state index < -0.39 is 27.8 Å². The van der Waals surface area contributed by atoms with Crippen molar-refractivity contribution in [3.8, 4) is 17.4 Å². The lowest BCUT2D eigenvalue weighted by atomic mass is 9.97. The molecular weight excluding hydrogens is 414 g/mol. The van der Waals surface area contributed by atoms with Crippen LogP contribution >= 0.6 is 0 Å². The molecule has 9 heteroatoms. The van der Waals surface area contributed by atoms with E-state index in [4.69, 9.17) is 9.47 Å². The number of ether oxygens (including phenoxy) is 2. The summed E-state index contributed by atoms with van der Waals surface area (Å²) in [6.45, 7) is 0. The van der Waals surface area contributed by atoms with Crippen molar-refractivity contribution < 1.29 is 26.7 Å². The molecule has 2 heterocycles. The summed E-state index contributed by atoms with van der Waals surface area (Å²) in [5.74, 6) is 0.214. The van der Waals surface area contributed by atoms with E-state index >= 15 is 0 Å². The summed E-state index contributed by atoms with van der Waals surface area (Å²) < 4.78 is 63.6. The topological polar surface area (TPSA) is 77.5 Å². The van der Waals surface area contributed by atoms with E-state index in [1.54, 1.807) is 24.3 Å². The molecule has 1 unspecified atom stereocenters. The zero-order valence-corrected chi connectivity index (χ0v) is 16.7. The number of aromatic nitrogens is 1. The second-order valence-electron chi connectivity index (χ2n) is 6.94. The number of hydrogen-bond acceptors (Lipinski definition) is 5. The first-order valence-corrected chi connectivity index (χ1v) is 11.0. The lowest BCUT2D eigenvalue weighted by Gasteiger charge is -2.27. The Bertz CT molecular complexity index is 1180. The van der Waals surface area contributed by atoms with Gasteiger partial charge >= 0.3 is 0 Å². The third-order valence-corrected chi connectivity index (χ3v) is 5.15. The lowest BCUT2D eigenvalue weighted by molar-refractivity contribution is 0.171. The predicted octanol–water partition coefficient (Wildman–Crippen LogP) is 4.59. The Balaban J connectivity index is 1.46. The Morgan fingerprint density at radius 3 is 2.67 bits per heavy atom. The Labute approximate surface area is 172 Å². The lowest BCUT2D eigenvalue weighted by Crippen LogP contribution is -2.16. The number of hydrogen-bond donors (Lipinski definition) is 1. The molecule has 0 bridgehead atoms. The van der Waals surface area contributed by atoms with Crippen LogP contribution in [0.1, 0.15) is 23.7 Å². The Morgan fingerprint density at radius 2 is 1.97 bits per heavy atom. The van der Waals surface area contributed by atoms with Crippen LogP contribution in [0.4, 0.5) is 14.5 Å². The van der Waals surface area contributed by atoms with Gasteiger partial charge in [0.1, 0.15) is 29.2 Å². The number of rotatable bonds is 5. The fraction of sp³-hybridized carbons (Fsp3) is 0.190. The maximum atomic E-state index is 14.1. The van der Waals surface area contributed by atoms with Crippen molar-refractivity contribution >= 4 is 15.7 Å². The first kappa shape index (κ1) is 20.1. The van der Waals surface area contributed by atoms with Crippen molar-refractivity contribution in [1.82, 2.24) is 4.98 Å². The number of aryl methyl sites for hydroxylation is 1. The predicted molar refractivity (Wildman–Crippen MR) is 107 cm³/mol. The number of halogens is 2. The molecule has 3 aromatic rings. The van der Waals surface area contributed by atoms with Crippen LogP contribution in [0.5, 0.6) is 17.4 Å². The molecule has 0 aliphatic carbocycles. The van der Waals surface area contributed by atoms with Gasteiger partial charge in [0, 0.05) is 17.7 Å². The summed E-state index contributed by atoms with van der Waals surface area (Å²) in [7, 11) is -3.38. The Hall–Kier alpha value is -3.20. The highest BCUT2D eigenvalue weighted by molar-refractivity contribution is 7.92. The van der Waals surface area contributed by atoms with Gasteiger partial charge in [0.15, 0.2) is 0 Å². The number of anilines is 1. The minimum Gasteiger partial charge on any atom is -0.485 e. The average molecular weight is 432 g/mol. The summed E-state index contributed by atoms with van der Waals surface area (Å²) in [5.41, 5.74) is 1.57. The first-order valence-electron chi connectivity index (χ1n) is 9.13. The maximum Gasteiger partial charge on any atom is 0.229 e. The summed E-state index contributed by atoms with van der Waals surface area (Å²) in [6.07, 6.45) is 3.12. The quantitative estimate of drug-likeness (QED) is 0.638. The fourth-order valence-corrected chi connectivity index (χ4v) is 3.79. The van der Waals surface area contributed by atoms with Crippen LogP contribution < -0.4 is 14.2 Å². The smallest absolute Gasteiger partial charge is 0.229 e. The summed E-state index contributed by atoms with van der Waals surface area (Å²) in [5, 5.41) is 0. The SMILES string of the molecule is CS(=O)(=O)Nc1ccc(Oc2ccc3c(c2)CCC(c2ccc(F)cc2F)O3)nc1. The average Bonchev–Trinajstić information content (AvgIpc) is 2.68. The Kier molecular flexibility index (Phi) is 5.29. The van der Waals surface area contributed by atoms with Gasteiger partial charge in [-0.15, -0.1) is 0 Å². The zero-order valence-electron chi connectivity index (χ0n) is 15.9. The second-order valence-corrected chi connectivity index (χ2v) is 8.69. The van der Waals surface area contributed by atoms with Crippen LogP contribution in [0.15, 0.2) is 54.7 Å². The molecule has 4 rings (SSSR count). The van der Waals surface area contributed by atoms with E-state index in [0.29, 0.717) is 41.5 Å². The van der Waals surface area contributed by atoms with Gasteiger partial charge in [-0.25, -0.2) is 22.2 Å². The molecule has 0 saturated carbocycles. The molecule has 30 heavy (non-hydrogen) atoms. The van der Waals surface area contributed by atoms with Gasteiger partial charge < -0.3 is 9.47 Å². The largest absolute Gasteiger partial charge is 0.485 e. The van der Waals surface area contributed by atoms with E-state index in [-0.39, 0.29) is 0 Å². The van der Waals surface area contributed by atoms with Gasteiger partial charge in [0.2, 0.25) is 15.9 Å². The number of benzene rings is 2. The number of fused-ring (bicyclic) bond motifs is 1. The molecular formula is C21H18F2N2O4S. The van der Waals surface area contributed by atoms with Gasteiger partial charge in [-0.2, -0.15) is 0 Å². The molecule has 1 N–H and O–H groups in total. The molecule has 0 fully saturated rings. The minimum atomic E-state index is -3.38. The minimum absolute atomic E-state index is 0.303. The highest BCUT2D eigenvalue weighted by Gasteiger charge is 2.24. The van der Waals surface area contributed by atoms with Crippen molar-refractivity contribution in [2.45, 2.75) is 18.9 Å². The molecule has 0 radical (unpaired) electrons. The highest BCUT2D eigenvalue weighted by atomic mass is 32.2. The van der Waals surface area contributed by atoms with Crippen molar-refractivity contribution in [3.05, 3.63) is 77.5 Å². The monoisotopic (exact) mass is 432 g/mol. The number of pyridine rings is 1. The molecule has 0 saturated heterocycles. The van der Waals surface area contributed by atoms with Gasteiger partial charge in [-0.3, -0.25) is 4.72 Å². The molecule has 0 spiro atoms. The van der Waals surface area contributed by atoms with Crippen molar-refractivity contribution in [3.63, 3.8) is 0 Å². The van der Waals surface area contributed by atoms with Crippen LogP contribution in [0.3, 0.4) is 0 Å². The maximum absolute atomic E-state index is 14.1. The molecule has 1 atom stereocenters. The number of nitrogens with zero attached hydrogens (tertiary/aromatic N) is 1. The summed E-state index contributed by atoms with van der Waals surface area (Å²) >= 11 is 0. The van der Waals surface area contributed by atoms with Crippen LogP contribution in [-0.4, -0.2) is 19.7 Å². The van der Waals surface area contributed by atoms with Crippen molar-refractivity contribution in [2.75, 3.05) is 11.0 Å². The van der Waals surface area contributed by atoms with E-state index in [1.807, 2.05) is 6.07 Å². The third-order valence-electron chi connectivity index (χ3n) is 4.55. The third kappa shape index (κ3) is 4.68. The van der Waals surface area contributed by atoms with E-state index in [9.17, 15) is 17.2 Å². The van der Waals surface area contributed by atoms with Gasteiger partial charge in [-0.1, -0.05) is 0 Å². The molecule has 6 nitrogen and oxygen atoms in total. The second kappa shape index (κ2) is 7.91. The molecule has 2 aromatic carbocycles. The standard InChI is InChI=1S/C21H18F2N2O4S/c1-30(26,27)25-15-4-9-21(24-12-15)28-16-5-8-19-13(10-16)2-7-20(29-19)17-6-3-14(22)11-18(17)23/h3-6,8-12,20,25H,2,7H2,1H3. The summed E-state index contributed by atoms with van der Waals surface area (Å²) in [4.78, 5) is 4.09. The van der Waals surface area contributed by atoms with Gasteiger partial charge in [-0.05, 0) is 54.8 Å². The van der Waals surface area contributed by atoms with Gasteiger partial charge in [0.25, 0.3) is 0 Å². The number of nitrogens with one attached hydrogen (secondary N) is 1. The van der Waals surface area contributed by atoms with Crippen LogP contribution in [0.25, 0.3) is 0 Å². The van der Waals surface area contributed by atoms with Crippen LogP contribution in [0.2, 0.25) is 0 Å². The highest BCUT2D eigenvalue weighted by Crippen LogP contribution is 2.38. The zero-order chi connectivity index (χ0) is 21.3. The summed E-state index contributed by atoms with van der Waals surface area (Å²) in [6, 6.07) is 11.8. The normalized spacial score (nSPS) is 15.8. The molecule has 156 valence electrons. The van der Waals surface area contributed by atoms with E-state index in [2.05, 4.69) is 9.71 Å². The van der Waals surface area contributed by atoms with Crippen LogP contribution in [0, 0.1) is 11.6 Å². The van der Waals surface area contributed by atoms with Crippen molar-refractivity contribution in [2.24, 2.45) is 0 Å². The molecule has 1 aromatic heterocycles. The van der Waals surface area contributed by atoms with Crippen molar-refractivity contribution in [1.29, 1.82) is 0 Å². The van der Waals surface area contributed by atoms with Gasteiger partial charge in [0.05, 0.1) is 18.1 Å². The van der Waals surface area contributed by atoms with E-state index in [1.165, 1.54) is 18.3 Å². The number of sulfonamides is 1. The molecule has 1 aliphatic rings. The molecule has 0 amide bonds. The van der Waals surface area contributed by atoms with Crippen LogP contribution in [-0.2, 0) is 16.4 Å². The fourth-order valence-electron chi connectivity index (χ4n) is 3.25.